The van der Waals surface area contributed by atoms with E-state index in [1.54, 1.807) is 34.9 Å². The van der Waals surface area contributed by atoms with Crippen molar-refractivity contribution in [3.63, 3.8) is 0 Å². The lowest BCUT2D eigenvalue weighted by atomic mass is 10.1. The predicted octanol–water partition coefficient (Wildman–Crippen LogP) is 3.03. The molecule has 0 N–H and O–H groups in total. The van der Waals surface area contributed by atoms with Gasteiger partial charge >= 0.3 is 0 Å². The van der Waals surface area contributed by atoms with Gasteiger partial charge in [0.2, 0.25) is 0 Å². The number of fused-ring (bicyclic) bond motifs is 2. The molecule has 5 rings (SSSR count). The lowest BCUT2D eigenvalue weighted by molar-refractivity contribution is 0.0779. The van der Waals surface area contributed by atoms with Crippen LogP contribution in [0.15, 0.2) is 42.7 Å². The van der Waals surface area contributed by atoms with Crippen molar-refractivity contribution in [3.8, 4) is 17.0 Å². The number of aromatic nitrogens is 5. The Morgan fingerprint density at radius 2 is 2.13 bits per heavy atom. The fraction of sp³-hybridized carbons (Fsp3) is 0.304. The first-order chi connectivity index (χ1) is 14.9. The van der Waals surface area contributed by atoms with Crippen molar-refractivity contribution in [2.45, 2.75) is 32.9 Å². The number of ether oxygens (including phenoxy) is 1. The highest BCUT2D eigenvalue weighted by atomic mass is 16.5. The van der Waals surface area contributed by atoms with Gasteiger partial charge in [0.15, 0.2) is 11.3 Å². The predicted molar refractivity (Wildman–Crippen MR) is 116 cm³/mol. The van der Waals surface area contributed by atoms with Crippen LogP contribution in [0.3, 0.4) is 0 Å². The van der Waals surface area contributed by atoms with Crippen LogP contribution in [0.4, 0.5) is 0 Å². The van der Waals surface area contributed by atoms with E-state index in [1.807, 2.05) is 36.9 Å². The van der Waals surface area contributed by atoms with E-state index < -0.39 is 0 Å². The number of carbonyl (C=O) groups is 1. The van der Waals surface area contributed by atoms with Crippen molar-refractivity contribution >= 4 is 11.6 Å². The molecule has 31 heavy (non-hydrogen) atoms. The molecule has 8 heteroatoms. The largest absolute Gasteiger partial charge is 0.490 e. The minimum atomic E-state index is -0.149. The number of hydrogen-bond acceptors (Lipinski definition) is 5. The lowest BCUT2D eigenvalue weighted by Gasteiger charge is -2.16. The topological polar surface area (TPSA) is 77.6 Å². The monoisotopic (exact) mass is 416 g/mol. The molecule has 0 bridgehead atoms. The Bertz CT molecular complexity index is 1300. The molecule has 1 aliphatic heterocycles. The summed E-state index contributed by atoms with van der Waals surface area (Å²) < 4.78 is 9.29. The molecule has 0 saturated heterocycles. The van der Waals surface area contributed by atoms with Crippen molar-refractivity contribution in [1.82, 2.24) is 29.3 Å². The number of amides is 1. The number of aryl methyl sites for hydroxylation is 1. The van der Waals surface area contributed by atoms with Gasteiger partial charge in [-0.1, -0.05) is 12.1 Å². The quantitative estimate of drug-likeness (QED) is 0.511. The van der Waals surface area contributed by atoms with Crippen LogP contribution in [0.2, 0.25) is 0 Å². The number of benzene rings is 1. The van der Waals surface area contributed by atoms with Crippen molar-refractivity contribution in [2.75, 3.05) is 7.05 Å². The minimum Gasteiger partial charge on any atom is -0.490 e. The van der Waals surface area contributed by atoms with Crippen LogP contribution in [0.5, 0.6) is 5.75 Å². The average Bonchev–Trinajstić information content (AvgIpc) is 3.43. The molecule has 1 aromatic carbocycles. The summed E-state index contributed by atoms with van der Waals surface area (Å²) in [5.74, 6) is 0.791. The SMILES string of the molecule is Cc1c(-c2ccnc3cc(C(=O)N(C)Cc4ccc5c(c4)C[C@H](C)O5)nn23)cnn1C. The summed E-state index contributed by atoms with van der Waals surface area (Å²) in [5, 5.41) is 8.89. The lowest BCUT2D eigenvalue weighted by Crippen LogP contribution is -2.26. The third kappa shape index (κ3) is 3.34. The summed E-state index contributed by atoms with van der Waals surface area (Å²) in [7, 11) is 3.69. The molecule has 1 atom stereocenters. The third-order valence-electron chi connectivity index (χ3n) is 5.82. The van der Waals surface area contributed by atoms with E-state index in [2.05, 4.69) is 28.2 Å². The Morgan fingerprint density at radius 3 is 2.90 bits per heavy atom. The standard InChI is InChI=1S/C23H24N6O2/c1-14-9-17-10-16(5-6-21(17)31-14)13-27(3)23(30)19-11-22-24-8-7-20(29(22)26-19)18-12-25-28(4)15(18)2/h5-8,10-12,14H,9,13H2,1-4H3/t14-/m0/s1. The zero-order valence-corrected chi connectivity index (χ0v) is 18.0. The maximum Gasteiger partial charge on any atom is 0.274 e. The third-order valence-corrected chi connectivity index (χ3v) is 5.82. The van der Waals surface area contributed by atoms with E-state index in [1.165, 1.54) is 5.56 Å². The molecule has 8 nitrogen and oxygen atoms in total. The number of hydrogen-bond donors (Lipinski definition) is 0. The van der Waals surface area contributed by atoms with Gasteiger partial charge in [0.1, 0.15) is 11.9 Å². The normalized spacial score (nSPS) is 15.2. The molecule has 0 fully saturated rings. The zero-order valence-electron chi connectivity index (χ0n) is 18.0. The van der Waals surface area contributed by atoms with Gasteiger partial charge in [-0.2, -0.15) is 10.2 Å². The van der Waals surface area contributed by atoms with E-state index in [4.69, 9.17) is 4.74 Å². The molecule has 3 aromatic heterocycles. The molecule has 1 aliphatic rings. The van der Waals surface area contributed by atoms with Gasteiger partial charge < -0.3 is 9.64 Å². The first-order valence-corrected chi connectivity index (χ1v) is 10.3. The Kier molecular flexibility index (Phi) is 4.50. The van der Waals surface area contributed by atoms with E-state index >= 15 is 0 Å². The molecule has 0 unspecified atom stereocenters. The molecule has 0 spiro atoms. The van der Waals surface area contributed by atoms with Gasteiger partial charge in [-0.05, 0) is 37.1 Å². The van der Waals surface area contributed by atoms with Crippen molar-refractivity contribution in [1.29, 1.82) is 0 Å². The highest BCUT2D eigenvalue weighted by Crippen LogP contribution is 2.30. The van der Waals surface area contributed by atoms with Gasteiger partial charge in [0.25, 0.3) is 5.91 Å². The smallest absolute Gasteiger partial charge is 0.274 e. The van der Waals surface area contributed by atoms with Crippen LogP contribution in [0.1, 0.15) is 34.2 Å². The second-order valence-electron chi connectivity index (χ2n) is 8.13. The van der Waals surface area contributed by atoms with Gasteiger partial charge in [0, 0.05) is 50.6 Å². The zero-order chi connectivity index (χ0) is 21.7. The van der Waals surface area contributed by atoms with Crippen LogP contribution < -0.4 is 4.74 Å². The molecular weight excluding hydrogens is 392 g/mol. The molecule has 0 aliphatic carbocycles. The van der Waals surface area contributed by atoms with Gasteiger partial charge in [-0.3, -0.25) is 9.48 Å². The van der Waals surface area contributed by atoms with E-state index in [-0.39, 0.29) is 12.0 Å². The summed E-state index contributed by atoms with van der Waals surface area (Å²) in [6.07, 6.45) is 4.63. The van der Waals surface area contributed by atoms with Crippen LogP contribution in [0, 0.1) is 6.92 Å². The molecule has 158 valence electrons. The number of nitrogens with zero attached hydrogens (tertiary/aromatic N) is 6. The Hall–Kier alpha value is -3.68. The average molecular weight is 416 g/mol. The fourth-order valence-corrected chi connectivity index (χ4v) is 4.07. The number of rotatable bonds is 4. The minimum absolute atomic E-state index is 0.149. The summed E-state index contributed by atoms with van der Waals surface area (Å²) >= 11 is 0. The van der Waals surface area contributed by atoms with Crippen molar-refractivity contribution in [3.05, 3.63) is 65.2 Å². The molecule has 4 aromatic rings. The first kappa shape index (κ1) is 19.3. The van der Waals surface area contributed by atoms with Gasteiger partial charge in [-0.25, -0.2) is 9.50 Å². The van der Waals surface area contributed by atoms with Crippen LogP contribution in [-0.4, -0.2) is 48.3 Å². The van der Waals surface area contributed by atoms with Crippen LogP contribution in [-0.2, 0) is 20.0 Å². The van der Waals surface area contributed by atoms with Crippen molar-refractivity contribution in [2.24, 2.45) is 7.05 Å². The Labute approximate surface area is 180 Å². The highest BCUT2D eigenvalue weighted by Gasteiger charge is 2.21. The molecule has 0 radical (unpaired) electrons. The van der Waals surface area contributed by atoms with E-state index in [0.29, 0.717) is 17.9 Å². The van der Waals surface area contributed by atoms with Crippen LogP contribution in [0.25, 0.3) is 16.9 Å². The summed E-state index contributed by atoms with van der Waals surface area (Å²) in [6, 6.07) is 9.73. The first-order valence-electron chi connectivity index (χ1n) is 10.3. The molecule has 0 saturated carbocycles. The summed E-state index contributed by atoms with van der Waals surface area (Å²) in [4.78, 5) is 19.2. The van der Waals surface area contributed by atoms with Gasteiger partial charge in [-0.15, -0.1) is 0 Å². The maximum atomic E-state index is 13.1. The fourth-order valence-electron chi connectivity index (χ4n) is 4.07. The number of carbonyl (C=O) groups excluding carboxylic acids is 1. The maximum absolute atomic E-state index is 13.1. The highest BCUT2D eigenvalue weighted by molar-refractivity contribution is 5.93. The van der Waals surface area contributed by atoms with Gasteiger partial charge in [0.05, 0.1) is 11.9 Å². The van der Waals surface area contributed by atoms with Crippen molar-refractivity contribution < 1.29 is 9.53 Å². The summed E-state index contributed by atoms with van der Waals surface area (Å²) in [6.45, 7) is 4.56. The van der Waals surface area contributed by atoms with Crippen LogP contribution >= 0.6 is 0 Å². The van der Waals surface area contributed by atoms with E-state index in [0.717, 1.165) is 34.7 Å². The Morgan fingerprint density at radius 1 is 1.29 bits per heavy atom. The summed E-state index contributed by atoms with van der Waals surface area (Å²) in [5.41, 5.74) is 6.08. The second-order valence-corrected chi connectivity index (χ2v) is 8.13. The molecular formula is C23H24N6O2. The second kappa shape index (κ2) is 7.23. The Balaban J connectivity index is 1.42. The van der Waals surface area contributed by atoms with E-state index in [9.17, 15) is 4.79 Å². The molecule has 1 amide bonds. The molecule has 4 heterocycles.